The van der Waals surface area contributed by atoms with Crippen LogP contribution in [0.5, 0.6) is 0 Å². The molecule has 4 heteroatoms. The summed E-state index contributed by atoms with van der Waals surface area (Å²) in [6, 6.07) is 7.34. The first-order valence-corrected chi connectivity index (χ1v) is 6.34. The van der Waals surface area contributed by atoms with Crippen molar-refractivity contribution in [3.63, 3.8) is 0 Å². The van der Waals surface area contributed by atoms with Crippen molar-refractivity contribution in [2.75, 3.05) is 25.0 Å². The van der Waals surface area contributed by atoms with Crippen molar-refractivity contribution in [2.24, 2.45) is 0 Å². The Hall–Kier alpha value is -1.39. The molecule has 1 aromatic carbocycles. The topological polar surface area (TPSA) is 52.6 Å². The number of likely N-dealkylation sites (N-methyl/N-ethyl adjacent to an activating group) is 1. The second-order valence-corrected chi connectivity index (χ2v) is 4.31. The van der Waals surface area contributed by atoms with Gasteiger partial charge in [-0.3, -0.25) is 4.79 Å². The van der Waals surface area contributed by atoms with Gasteiger partial charge in [0.05, 0.1) is 6.10 Å². The zero-order chi connectivity index (χ0) is 13.5. The number of anilines is 1. The number of amides is 1. The van der Waals surface area contributed by atoms with Crippen LogP contribution in [-0.4, -0.2) is 35.5 Å². The summed E-state index contributed by atoms with van der Waals surface area (Å²) in [4.78, 5) is 13.1. The van der Waals surface area contributed by atoms with E-state index in [0.717, 1.165) is 24.3 Å². The first-order valence-electron chi connectivity index (χ1n) is 6.34. The van der Waals surface area contributed by atoms with E-state index in [9.17, 15) is 9.90 Å². The van der Waals surface area contributed by atoms with Gasteiger partial charge in [-0.15, -0.1) is 0 Å². The smallest absolute Gasteiger partial charge is 0.221 e. The van der Waals surface area contributed by atoms with Crippen LogP contribution in [0.4, 0.5) is 5.69 Å². The highest BCUT2D eigenvalue weighted by Gasteiger charge is 2.11. The molecule has 0 aliphatic heterocycles. The summed E-state index contributed by atoms with van der Waals surface area (Å²) < 4.78 is 0. The molecule has 100 valence electrons. The summed E-state index contributed by atoms with van der Waals surface area (Å²) in [5, 5.41) is 12.9. The second-order valence-electron chi connectivity index (χ2n) is 4.31. The largest absolute Gasteiger partial charge is 0.387 e. The Kier molecular flexibility index (Phi) is 5.82. The predicted octanol–water partition coefficient (Wildman–Crippen LogP) is 2.02. The highest BCUT2D eigenvalue weighted by molar-refractivity contribution is 5.88. The third-order valence-electron chi connectivity index (χ3n) is 2.92. The van der Waals surface area contributed by atoms with E-state index in [0.29, 0.717) is 6.54 Å². The van der Waals surface area contributed by atoms with E-state index in [1.165, 1.54) is 6.92 Å². The molecule has 18 heavy (non-hydrogen) atoms. The van der Waals surface area contributed by atoms with E-state index < -0.39 is 6.10 Å². The lowest BCUT2D eigenvalue weighted by atomic mass is 10.1. The van der Waals surface area contributed by atoms with Crippen molar-refractivity contribution < 1.29 is 9.90 Å². The number of nitrogens with zero attached hydrogens (tertiary/aromatic N) is 1. The number of hydrogen-bond donors (Lipinski definition) is 2. The Morgan fingerprint density at radius 3 is 2.61 bits per heavy atom. The Labute approximate surface area is 109 Å². The average Bonchev–Trinajstić information content (AvgIpc) is 2.35. The zero-order valence-electron chi connectivity index (χ0n) is 11.3. The number of nitrogens with one attached hydrogen (secondary N) is 1. The molecule has 0 heterocycles. The standard InChI is InChI=1S/C14H22N2O2/c1-4-16(5-2)10-14(18)12-7-6-8-13(9-12)15-11(3)17/h6-9,14,18H,4-5,10H2,1-3H3,(H,15,17). The van der Waals surface area contributed by atoms with E-state index in [2.05, 4.69) is 24.1 Å². The van der Waals surface area contributed by atoms with Gasteiger partial charge < -0.3 is 15.3 Å². The molecular formula is C14H22N2O2. The molecule has 0 aromatic heterocycles. The first kappa shape index (κ1) is 14.7. The van der Waals surface area contributed by atoms with Crippen molar-refractivity contribution in [1.29, 1.82) is 0 Å². The van der Waals surface area contributed by atoms with Crippen LogP contribution in [0.15, 0.2) is 24.3 Å². The lowest BCUT2D eigenvalue weighted by Gasteiger charge is -2.22. The van der Waals surface area contributed by atoms with E-state index in [1.54, 1.807) is 0 Å². The van der Waals surface area contributed by atoms with Gasteiger partial charge in [-0.1, -0.05) is 26.0 Å². The van der Waals surface area contributed by atoms with Crippen LogP contribution in [0.1, 0.15) is 32.4 Å². The molecule has 0 aliphatic carbocycles. The number of aliphatic hydroxyl groups is 1. The molecule has 0 spiro atoms. The Bertz CT molecular complexity index is 389. The van der Waals surface area contributed by atoms with Crippen LogP contribution >= 0.6 is 0 Å². The molecule has 0 saturated carbocycles. The van der Waals surface area contributed by atoms with Crippen molar-refractivity contribution in [3.8, 4) is 0 Å². The van der Waals surface area contributed by atoms with Crippen LogP contribution in [0.2, 0.25) is 0 Å². The second kappa shape index (κ2) is 7.13. The minimum Gasteiger partial charge on any atom is -0.387 e. The summed E-state index contributed by atoms with van der Waals surface area (Å²) in [6.07, 6.45) is -0.529. The predicted molar refractivity (Wildman–Crippen MR) is 73.5 cm³/mol. The summed E-state index contributed by atoms with van der Waals surface area (Å²) >= 11 is 0. The van der Waals surface area contributed by atoms with Crippen LogP contribution in [0.3, 0.4) is 0 Å². The summed E-state index contributed by atoms with van der Waals surface area (Å²) in [5.74, 6) is -0.106. The summed E-state index contributed by atoms with van der Waals surface area (Å²) in [7, 11) is 0. The van der Waals surface area contributed by atoms with Crippen LogP contribution in [-0.2, 0) is 4.79 Å². The molecule has 1 amide bonds. The highest BCUT2D eigenvalue weighted by atomic mass is 16.3. The van der Waals surface area contributed by atoms with Crippen molar-refractivity contribution in [2.45, 2.75) is 26.9 Å². The number of benzene rings is 1. The molecule has 1 aromatic rings. The molecule has 0 aliphatic rings. The normalized spacial score (nSPS) is 12.5. The van der Waals surface area contributed by atoms with Gasteiger partial charge in [0, 0.05) is 19.2 Å². The Morgan fingerprint density at radius 2 is 2.06 bits per heavy atom. The Balaban J connectivity index is 2.73. The quantitative estimate of drug-likeness (QED) is 0.812. The number of carbonyl (C=O) groups excluding carboxylic acids is 1. The fraction of sp³-hybridized carbons (Fsp3) is 0.500. The number of rotatable bonds is 6. The molecule has 0 fully saturated rings. The van der Waals surface area contributed by atoms with E-state index >= 15 is 0 Å². The van der Waals surface area contributed by atoms with Gasteiger partial charge in [-0.25, -0.2) is 0 Å². The van der Waals surface area contributed by atoms with E-state index in [1.807, 2.05) is 24.3 Å². The van der Waals surface area contributed by atoms with Gasteiger partial charge in [0.1, 0.15) is 0 Å². The van der Waals surface area contributed by atoms with Gasteiger partial charge >= 0.3 is 0 Å². The minimum atomic E-state index is -0.529. The highest BCUT2D eigenvalue weighted by Crippen LogP contribution is 2.18. The zero-order valence-corrected chi connectivity index (χ0v) is 11.3. The lowest BCUT2D eigenvalue weighted by molar-refractivity contribution is -0.114. The number of aliphatic hydroxyl groups excluding tert-OH is 1. The molecular weight excluding hydrogens is 228 g/mol. The summed E-state index contributed by atoms with van der Waals surface area (Å²) in [6.45, 7) is 8.06. The van der Waals surface area contributed by atoms with Gasteiger partial charge in [0.2, 0.25) is 5.91 Å². The Morgan fingerprint density at radius 1 is 1.39 bits per heavy atom. The maximum atomic E-state index is 11.0. The third kappa shape index (κ3) is 4.47. The average molecular weight is 250 g/mol. The van der Waals surface area contributed by atoms with E-state index in [4.69, 9.17) is 0 Å². The molecule has 1 unspecified atom stereocenters. The van der Waals surface area contributed by atoms with Crippen LogP contribution in [0, 0.1) is 0 Å². The molecule has 2 N–H and O–H groups in total. The van der Waals surface area contributed by atoms with Crippen LogP contribution < -0.4 is 5.32 Å². The number of hydrogen-bond acceptors (Lipinski definition) is 3. The molecule has 1 rings (SSSR count). The van der Waals surface area contributed by atoms with Crippen LogP contribution in [0.25, 0.3) is 0 Å². The van der Waals surface area contributed by atoms with Gasteiger partial charge in [0.25, 0.3) is 0 Å². The fourth-order valence-electron chi connectivity index (χ4n) is 1.86. The molecule has 4 nitrogen and oxygen atoms in total. The molecule has 0 bridgehead atoms. The molecule has 0 radical (unpaired) electrons. The maximum absolute atomic E-state index is 11.0. The van der Waals surface area contributed by atoms with Gasteiger partial charge in [-0.2, -0.15) is 0 Å². The van der Waals surface area contributed by atoms with Crippen molar-refractivity contribution in [1.82, 2.24) is 4.90 Å². The number of carbonyl (C=O) groups is 1. The first-order chi connectivity index (χ1) is 8.56. The van der Waals surface area contributed by atoms with Crippen molar-refractivity contribution in [3.05, 3.63) is 29.8 Å². The molecule has 1 atom stereocenters. The third-order valence-corrected chi connectivity index (χ3v) is 2.92. The molecule has 0 saturated heterocycles. The lowest BCUT2D eigenvalue weighted by Crippen LogP contribution is -2.28. The van der Waals surface area contributed by atoms with Gasteiger partial charge in [0.15, 0.2) is 0 Å². The minimum absolute atomic E-state index is 0.106. The SMILES string of the molecule is CCN(CC)CC(O)c1cccc(NC(C)=O)c1. The van der Waals surface area contributed by atoms with Gasteiger partial charge in [-0.05, 0) is 30.8 Å². The monoisotopic (exact) mass is 250 g/mol. The van der Waals surface area contributed by atoms with Crippen molar-refractivity contribution >= 4 is 11.6 Å². The van der Waals surface area contributed by atoms with E-state index in [-0.39, 0.29) is 5.91 Å². The fourth-order valence-corrected chi connectivity index (χ4v) is 1.86. The maximum Gasteiger partial charge on any atom is 0.221 e. The summed E-state index contributed by atoms with van der Waals surface area (Å²) in [5.41, 5.74) is 1.55.